The molecule has 0 aromatic carbocycles. The number of rotatable bonds is 4. The van der Waals surface area contributed by atoms with Gasteiger partial charge < -0.3 is 0 Å². The summed E-state index contributed by atoms with van der Waals surface area (Å²) in [6.45, 7) is 11.1. The lowest BCUT2D eigenvalue weighted by Crippen LogP contribution is -2.32. The van der Waals surface area contributed by atoms with E-state index >= 15 is 0 Å². The number of terminal acetylenes is 1. The predicted molar refractivity (Wildman–Crippen MR) is 65.4 cm³/mol. The molecule has 2 nitrogen and oxygen atoms in total. The van der Waals surface area contributed by atoms with Crippen LogP contribution in [-0.4, -0.2) is 6.54 Å². The summed E-state index contributed by atoms with van der Waals surface area (Å²) in [4.78, 5) is 10.2. The fourth-order valence-electron chi connectivity index (χ4n) is 1.31. The first-order chi connectivity index (χ1) is 6.77. The zero-order valence-corrected chi connectivity index (χ0v) is 10.4. The third kappa shape index (κ3) is 3.51. The summed E-state index contributed by atoms with van der Waals surface area (Å²) in [6, 6.07) is 0. The van der Waals surface area contributed by atoms with Gasteiger partial charge in [0.25, 0.3) is 0 Å². The zero-order valence-electron chi connectivity index (χ0n) is 10.4. The average Bonchev–Trinajstić information content (AvgIpc) is 2.10. The summed E-state index contributed by atoms with van der Waals surface area (Å²) < 4.78 is 0. The molecule has 0 radical (unpaired) electrons. The second-order valence-corrected chi connectivity index (χ2v) is 5.31. The van der Waals surface area contributed by atoms with Crippen molar-refractivity contribution in [2.24, 2.45) is 16.0 Å². The third-order valence-corrected chi connectivity index (χ3v) is 3.41. The van der Waals surface area contributed by atoms with Gasteiger partial charge in [-0.25, -0.2) is 0 Å². The molecule has 15 heavy (non-hydrogen) atoms. The van der Waals surface area contributed by atoms with Crippen molar-refractivity contribution in [2.45, 2.75) is 41.0 Å². The molecule has 0 atom stereocenters. The van der Waals surface area contributed by atoms with Crippen LogP contribution >= 0.6 is 0 Å². The minimum atomic E-state index is -0.0237. The van der Waals surface area contributed by atoms with Crippen molar-refractivity contribution in [3.63, 3.8) is 0 Å². The highest BCUT2D eigenvalue weighted by molar-refractivity contribution is 5.24. The van der Waals surface area contributed by atoms with E-state index in [0.717, 1.165) is 5.57 Å². The second-order valence-electron chi connectivity index (χ2n) is 5.31. The van der Waals surface area contributed by atoms with Gasteiger partial charge in [0.15, 0.2) is 0 Å². The Hall–Kier alpha value is -1.10. The molecule has 84 valence electrons. The first kappa shape index (κ1) is 13.9. The summed E-state index contributed by atoms with van der Waals surface area (Å²) in [7, 11) is 0. The molecular weight excluding hydrogens is 186 g/mol. The van der Waals surface area contributed by atoms with Gasteiger partial charge in [0.05, 0.1) is 6.54 Å². The van der Waals surface area contributed by atoms with Crippen molar-refractivity contribution >= 4 is 0 Å². The van der Waals surface area contributed by atoms with Gasteiger partial charge >= 0.3 is 0 Å². The van der Waals surface area contributed by atoms with E-state index < -0.39 is 0 Å². The van der Waals surface area contributed by atoms with Gasteiger partial charge in [-0.1, -0.05) is 51.3 Å². The van der Waals surface area contributed by atoms with Gasteiger partial charge in [0.1, 0.15) is 0 Å². The van der Waals surface area contributed by atoms with Crippen LogP contribution in [-0.2, 0) is 0 Å². The summed E-state index contributed by atoms with van der Waals surface area (Å²) in [6.07, 6.45) is 7.73. The zero-order chi connectivity index (χ0) is 12.1. The van der Waals surface area contributed by atoms with Gasteiger partial charge in [-0.05, 0) is 23.3 Å². The monoisotopic (exact) mass is 207 g/mol. The molecule has 0 saturated heterocycles. The Morgan fingerprint density at radius 1 is 1.33 bits per heavy atom. The molecule has 0 amide bonds. The van der Waals surface area contributed by atoms with E-state index in [4.69, 9.17) is 6.42 Å². The maximum atomic E-state index is 10.2. The minimum absolute atomic E-state index is 0.0237. The molecule has 0 aromatic rings. The van der Waals surface area contributed by atoms with E-state index in [1.165, 1.54) is 0 Å². The van der Waals surface area contributed by atoms with E-state index in [2.05, 4.69) is 45.7 Å². The number of hydrogen-bond donors (Lipinski definition) is 0. The summed E-state index contributed by atoms with van der Waals surface area (Å²) in [5.74, 6) is 2.55. The largest absolute Gasteiger partial charge is 0.151 e. The first-order valence-corrected chi connectivity index (χ1v) is 5.22. The van der Waals surface area contributed by atoms with Crippen molar-refractivity contribution in [3.05, 3.63) is 16.6 Å². The maximum Gasteiger partial charge on any atom is 0.0848 e. The van der Waals surface area contributed by atoms with Crippen LogP contribution in [0.3, 0.4) is 0 Å². The van der Waals surface area contributed by atoms with Gasteiger partial charge in [-0.3, -0.25) is 0 Å². The van der Waals surface area contributed by atoms with Crippen LogP contribution in [0.2, 0.25) is 0 Å². The Labute approximate surface area is 93.1 Å². The Morgan fingerprint density at radius 3 is 2.20 bits per heavy atom. The Balaban J connectivity index is 5.01. The van der Waals surface area contributed by atoms with Crippen LogP contribution in [0.25, 0.3) is 0 Å². The molecule has 2 heteroatoms. The summed E-state index contributed by atoms with van der Waals surface area (Å²) in [5.41, 5.74) is 1.21. The highest BCUT2D eigenvalue weighted by Gasteiger charge is 2.35. The van der Waals surface area contributed by atoms with E-state index in [9.17, 15) is 4.91 Å². The second kappa shape index (κ2) is 5.11. The fraction of sp³-hybridized carbons (Fsp3) is 0.692. The van der Waals surface area contributed by atoms with E-state index in [1.54, 1.807) is 6.08 Å². The Kier molecular flexibility index (Phi) is 4.74. The lowest BCUT2D eigenvalue weighted by molar-refractivity contribution is 0.173. The molecule has 0 heterocycles. The summed E-state index contributed by atoms with van der Waals surface area (Å²) >= 11 is 0. The number of nitroso groups, excluding NO2 is 1. The van der Waals surface area contributed by atoms with Gasteiger partial charge in [-0.2, -0.15) is 4.91 Å². The predicted octanol–water partition coefficient (Wildman–Crippen LogP) is 3.77. The van der Waals surface area contributed by atoms with Crippen molar-refractivity contribution in [2.75, 3.05) is 6.54 Å². The molecule has 0 fully saturated rings. The molecular formula is C13H21NO. The average molecular weight is 207 g/mol. The molecule has 0 rings (SSSR count). The molecule has 0 aliphatic rings. The van der Waals surface area contributed by atoms with Crippen molar-refractivity contribution in [1.29, 1.82) is 0 Å². The fourth-order valence-corrected chi connectivity index (χ4v) is 1.31. The number of hydrogen-bond acceptors (Lipinski definition) is 2. The van der Waals surface area contributed by atoms with Gasteiger partial charge in [-0.15, -0.1) is 6.42 Å². The summed E-state index contributed by atoms with van der Waals surface area (Å²) in [5, 5.41) is 2.89. The lowest BCUT2D eigenvalue weighted by atomic mass is 9.64. The van der Waals surface area contributed by atoms with Gasteiger partial charge in [0.2, 0.25) is 0 Å². The molecule has 0 aliphatic carbocycles. The SMILES string of the molecule is C#C/C=C(\CCN=O)C(C)(C)C(C)(C)C. The Bertz CT molecular complexity index is 287. The van der Waals surface area contributed by atoms with Crippen LogP contribution in [0, 0.1) is 28.1 Å². The third-order valence-electron chi connectivity index (χ3n) is 3.41. The maximum absolute atomic E-state index is 10.2. The number of nitrogens with zero attached hydrogens (tertiary/aromatic N) is 1. The first-order valence-electron chi connectivity index (χ1n) is 5.22. The lowest BCUT2D eigenvalue weighted by Gasteiger charge is -2.41. The molecule has 0 bridgehead atoms. The van der Waals surface area contributed by atoms with E-state index in [-0.39, 0.29) is 10.8 Å². The smallest absolute Gasteiger partial charge is 0.0848 e. The minimum Gasteiger partial charge on any atom is -0.151 e. The normalized spacial score (nSPS) is 13.5. The standard InChI is InChI=1S/C13H21NO/c1-7-8-11(9-10-14-15)13(5,6)12(2,3)4/h1,8H,9-10H2,2-6H3/b11-8+. The van der Waals surface area contributed by atoms with Crippen molar-refractivity contribution < 1.29 is 0 Å². The molecule has 0 spiro atoms. The van der Waals surface area contributed by atoms with Gasteiger partial charge in [0, 0.05) is 0 Å². The molecule has 0 aliphatic heterocycles. The van der Waals surface area contributed by atoms with Crippen LogP contribution in [0.5, 0.6) is 0 Å². The van der Waals surface area contributed by atoms with Crippen molar-refractivity contribution in [1.82, 2.24) is 0 Å². The van der Waals surface area contributed by atoms with E-state index in [1.807, 2.05) is 0 Å². The number of allylic oxidation sites excluding steroid dienone is 1. The van der Waals surface area contributed by atoms with E-state index in [0.29, 0.717) is 13.0 Å². The van der Waals surface area contributed by atoms with Crippen molar-refractivity contribution in [3.8, 4) is 12.3 Å². The Morgan fingerprint density at radius 2 is 1.87 bits per heavy atom. The molecule has 0 saturated carbocycles. The molecule has 0 N–H and O–H groups in total. The molecule has 0 aromatic heterocycles. The topological polar surface area (TPSA) is 29.4 Å². The highest BCUT2D eigenvalue weighted by atomic mass is 16.3. The molecule has 0 unspecified atom stereocenters. The quantitative estimate of drug-likeness (QED) is 0.509. The van der Waals surface area contributed by atoms with Crippen LogP contribution in [0.1, 0.15) is 41.0 Å². The van der Waals surface area contributed by atoms with Crippen LogP contribution < -0.4 is 0 Å². The highest BCUT2D eigenvalue weighted by Crippen LogP contribution is 2.44. The van der Waals surface area contributed by atoms with Crippen LogP contribution in [0.15, 0.2) is 16.8 Å². The van der Waals surface area contributed by atoms with Crippen LogP contribution in [0.4, 0.5) is 0 Å².